The zero-order valence-corrected chi connectivity index (χ0v) is 17.4. The Morgan fingerprint density at radius 3 is 2.43 bits per heavy atom. The van der Waals surface area contributed by atoms with Gasteiger partial charge in [0.05, 0.1) is 12.8 Å². The Morgan fingerprint density at radius 2 is 1.77 bits per heavy atom. The molecule has 2 N–H and O–H groups in total. The van der Waals surface area contributed by atoms with Crippen LogP contribution in [0.25, 0.3) is 0 Å². The van der Waals surface area contributed by atoms with Crippen LogP contribution in [0.4, 0.5) is 5.69 Å². The fraction of sp³-hybridized carbons (Fsp3) is 0.250. The minimum absolute atomic E-state index is 0.0607. The Balaban J connectivity index is 1.51. The van der Waals surface area contributed by atoms with Gasteiger partial charge in [0.25, 0.3) is 11.8 Å². The minimum atomic E-state index is -0.303. The highest BCUT2D eigenvalue weighted by Gasteiger charge is 2.13. The van der Waals surface area contributed by atoms with Crippen LogP contribution >= 0.6 is 0 Å². The van der Waals surface area contributed by atoms with Gasteiger partial charge in [-0.1, -0.05) is 39.0 Å². The number of rotatable bonds is 7. The molecular formula is C24H26N2O4. The first-order valence-corrected chi connectivity index (χ1v) is 9.75. The van der Waals surface area contributed by atoms with Gasteiger partial charge in [-0.2, -0.15) is 0 Å². The van der Waals surface area contributed by atoms with Crippen LogP contribution in [0.15, 0.2) is 71.3 Å². The van der Waals surface area contributed by atoms with Gasteiger partial charge < -0.3 is 19.8 Å². The maximum Gasteiger partial charge on any atom is 0.262 e. The van der Waals surface area contributed by atoms with E-state index < -0.39 is 0 Å². The summed E-state index contributed by atoms with van der Waals surface area (Å²) in [7, 11) is 0. The molecule has 0 spiro atoms. The van der Waals surface area contributed by atoms with Crippen LogP contribution in [0.1, 0.15) is 42.5 Å². The highest BCUT2D eigenvalue weighted by atomic mass is 16.5. The number of amides is 2. The van der Waals surface area contributed by atoms with Crippen LogP contribution < -0.4 is 15.4 Å². The summed E-state index contributed by atoms with van der Waals surface area (Å²) in [4.78, 5) is 24.5. The highest BCUT2D eigenvalue weighted by Crippen LogP contribution is 2.24. The van der Waals surface area contributed by atoms with Gasteiger partial charge in [-0.05, 0) is 53.4 Å². The molecule has 0 aliphatic heterocycles. The average Bonchev–Trinajstić information content (AvgIpc) is 3.24. The van der Waals surface area contributed by atoms with E-state index in [0.29, 0.717) is 29.3 Å². The van der Waals surface area contributed by atoms with E-state index in [4.69, 9.17) is 9.15 Å². The number of nitrogens with one attached hydrogen (secondary N) is 2. The van der Waals surface area contributed by atoms with Gasteiger partial charge in [-0.3, -0.25) is 9.59 Å². The van der Waals surface area contributed by atoms with E-state index in [1.54, 1.807) is 42.7 Å². The second-order valence-corrected chi connectivity index (χ2v) is 7.95. The maximum absolute atomic E-state index is 12.3. The van der Waals surface area contributed by atoms with Crippen molar-refractivity contribution in [1.82, 2.24) is 5.32 Å². The predicted octanol–water partition coefficient (Wildman–Crippen LogP) is 4.52. The fourth-order valence-corrected chi connectivity index (χ4v) is 2.82. The molecule has 0 saturated carbocycles. The fourth-order valence-electron chi connectivity index (χ4n) is 2.82. The van der Waals surface area contributed by atoms with E-state index in [9.17, 15) is 9.59 Å². The standard InChI is InChI=1S/C24H26N2O4/c1-24(2,3)18-9-11-20(12-10-18)30-16-22(27)26-19-7-4-6-17(14-19)23(28)25-15-21-8-5-13-29-21/h4-14H,15-16H2,1-3H3,(H,25,28)(H,26,27). The average molecular weight is 406 g/mol. The Labute approximate surface area is 176 Å². The minimum Gasteiger partial charge on any atom is -0.484 e. The number of ether oxygens (including phenoxy) is 1. The van der Waals surface area contributed by atoms with Crippen LogP contribution in [-0.2, 0) is 16.8 Å². The van der Waals surface area contributed by atoms with Crippen LogP contribution in [0.2, 0.25) is 0 Å². The van der Waals surface area contributed by atoms with Crippen molar-refractivity contribution >= 4 is 17.5 Å². The lowest BCUT2D eigenvalue weighted by Crippen LogP contribution is -2.23. The largest absolute Gasteiger partial charge is 0.484 e. The summed E-state index contributed by atoms with van der Waals surface area (Å²) in [6.45, 7) is 6.60. The summed E-state index contributed by atoms with van der Waals surface area (Å²) < 4.78 is 10.8. The summed E-state index contributed by atoms with van der Waals surface area (Å²) >= 11 is 0. The molecule has 0 atom stereocenters. The molecule has 0 radical (unpaired) electrons. The first kappa shape index (κ1) is 21.2. The molecule has 30 heavy (non-hydrogen) atoms. The van der Waals surface area contributed by atoms with Gasteiger partial charge in [-0.15, -0.1) is 0 Å². The molecule has 0 saturated heterocycles. The molecule has 3 aromatic rings. The normalized spacial score (nSPS) is 11.0. The van der Waals surface area contributed by atoms with Crippen LogP contribution in [0.5, 0.6) is 5.75 Å². The quantitative estimate of drug-likeness (QED) is 0.604. The number of hydrogen-bond acceptors (Lipinski definition) is 4. The summed E-state index contributed by atoms with van der Waals surface area (Å²) in [6.07, 6.45) is 1.55. The summed E-state index contributed by atoms with van der Waals surface area (Å²) in [5.41, 5.74) is 2.22. The number of benzene rings is 2. The Hall–Kier alpha value is -3.54. The lowest BCUT2D eigenvalue weighted by atomic mass is 9.87. The third-order valence-electron chi connectivity index (χ3n) is 4.50. The van der Waals surface area contributed by atoms with Crippen molar-refractivity contribution in [3.8, 4) is 5.75 Å². The van der Waals surface area contributed by atoms with Crippen LogP contribution in [-0.4, -0.2) is 18.4 Å². The van der Waals surface area contributed by atoms with E-state index >= 15 is 0 Å². The number of anilines is 1. The van der Waals surface area contributed by atoms with Crippen LogP contribution in [0, 0.1) is 0 Å². The Bertz CT molecular complexity index is 987. The molecule has 0 fully saturated rings. The molecule has 6 nitrogen and oxygen atoms in total. The van der Waals surface area contributed by atoms with E-state index in [1.165, 1.54) is 5.56 Å². The van der Waals surface area contributed by atoms with Crippen molar-refractivity contribution in [3.05, 3.63) is 83.8 Å². The van der Waals surface area contributed by atoms with Gasteiger partial charge in [0, 0.05) is 11.3 Å². The molecule has 2 amide bonds. The molecule has 2 aromatic carbocycles. The van der Waals surface area contributed by atoms with Gasteiger partial charge in [0.2, 0.25) is 0 Å². The first-order valence-electron chi connectivity index (χ1n) is 9.75. The highest BCUT2D eigenvalue weighted by molar-refractivity contribution is 5.97. The summed E-state index contributed by atoms with van der Waals surface area (Å²) in [5.74, 6) is 0.741. The van der Waals surface area contributed by atoms with Crippen molar-refractivity contribution in [2.75, 3.05) is 11.9 Å². The Morgan fingerprint density at radius 1 is 1.00 bits per heavy atom. The molecule has 0 aliphatic carbocycles. The molecule has 156 valence electrons. The number of hydrogen-bond donors (Lipinski definition) is 2. The second-order valence-electron chi connectivity index (χ2n) is 7.95. The number of furan rings is 1. The summed E-state index contributed by atoms with van der Waals surface area (Å²) in [6, 6.07) is 18.0. The van der Waals surface area contributed by atoms with Crippen molar-refractivity contribution in [2.24, 2.45) is 0 Å². The van der Waals surface area contributed by atoms with E-state index in [0.717, 1.165) is 0 Å². The van der Waals surface area contributed by atoms with E-state index in [2.05, 4.69) is 31.4 Å². The lowest BCUT2D eigenvalue weighted by Gasteiger charge is -2.19. The van der Waals surface area contributed by atoms with Crippen molar-refractivity contribution in [2.45, 2.75) is 32.7 Å². The van der Waals surface area contributed by atoms with Crippen molar-refractivity contribution in [3.63, 3.8) is 0 Å². The molecule has 1 aromatic heterocycles. The van der Waals surface area contributed by atoms with Crippen molar-refractivity contribution in [1.29, 1.82) is 0 Å². The second kappa shape index (κ2) is 9.31. The Kier molecular flexibility index (Phi) is 6.57. The molecule has 6 heteroatoms. The monoisotopic (exact) mass is 406 g/mol. The topological polar surface area (TPSA) is 80.6 Å². The van der Waals surface area contributed by atoms with Crippen molar-refractivity contribution < 1.29 is 18.7 Å². The first-order chi connectivity index (χ1) is 14.3. The predicted molar refractivity (Wildman–Crippen MR) is 116 cm³/mol. The van der Waals surface area contributed by atoms with E-state index in [1.807, 2.05) is 24.3 Å². The molecule has 1 heterocycles. The summed E-state index contributed by atoms with van der Waals surface area (Å²) in [5, 5.41) is 5.52. The molecular weight excluding hydrogens is 380 g/mol. The van der Waals surface area contributed by atoms with E-state index in [-0.39, 0.29) is 23.8 Å². The molecule has 0 aliphatic rings. The SMILES string of the molecule is CC(C)(C)c1ccc(OCC(=O)Nc2cccc(C(=O)NCc3ccco3)c2)cc1. The zero-order valence-electron chi connectivity index (χ0n) is 17.4. The smallest absolute Gasteiger partial charge is 0.262 e. The molecule has 0 bridgehead atoms. The maximum atomic E-state index is 12.3. The van der Waals surface area contributed by atoms with Gasteiger partial charge in [0.15, 0.2) is 6.61 Å². The van der Waals surface area contributed by atoms with Crippen LogP contribution in [0.3, 0.4) is 0 Å². The zero-order chi connectivity index (χ0) is 21.6. The third-order valence-corrected chi connectivity index (χ3v) is 4.50. The third kappa shape index (κ3) is 5.98. The number of carbonyl (C=O) groups is 2. The molecule has 0 unspecified atom stereocenters. The molecule has 3 rings (SSSR count). The van der Waals surface area contributed by atoms with Gasteiger partial charge >= 0.3 is 0 Å². The lowest BCUT2D eigenvalue weighted by molar-refractivity contribution is -0.118. The number of carbonyl (C=O) groups excluding carboxylic acids is 2. The van der Waals surface area contributed by atoms with Gasteiger partial charge in [-0.25, -0.2) is 0 Å². The van der Waals surface area contributed by atoms with Gasteiger partial charge in [0.1, 0.15) is 11.5 Å².